The van der Waals surface area contributed by atoms with Crippen molar-refractivity contribution in [3.05, 3.63) is 0 Å². The second-order valence-electron chi connectivity index (χ2n) is 3.57. The number of hydrogen-bond donors (Lipinski definition) is 0. The number of hydrogen-bond acceptors (Lipinski definition) is 2. The predicted octanol–water partition coefficient (Wildman–Crippen LogP) is 1.69. The molecule has 1 fully saturated rings. The van der Waals surface area contributed by atoms with Gasteiger partial charge in [0.15, 0.2) is 0 Å². The third-order valence-corrected chi connectivity index (χ3v) is 2.55. The molecule has 0 heterocycles. The van der Waals surface area contributed by atoms with Crippen LogP contribution in [0.5, 0.6) is 0 Å². The first-order valence-corrected chi connectivity index (χ1v) is 4.29. The molecule has 0 spiro atoms. The molecule has 1 rings (SSSR count). The molecule has 1 saturated carbocycles. The summed E-state index contributed by atoms with van der Waals surface area (Å²) in [5.41, 5.74) is 0. The molecule has 3 atom stereocenters. The molecule has 0 aromatic heterocycles. The van der Waals surface area contributed by atoms with Crippen molar-refractivity contribution in [2.75, 3.05) is 20.8 Å². The van der Waals surface area contributed by atoms with Crippen LogP contribution in [0.1, 0.15) is 19.8 Å². The summed E-state index contributed by atoms with van der Waals surface area (Å²) in [5, 5.41) is 0. The molecule has 2 nitrogen and oxygen atoms in total. The summed E-state index contributed by atoms with van der Waals surface area (Å²) in [6.07, 6.45) is 2.89. The third-order valence-electron chi connectivity index (χ3n) is 2.55. The smallest absolute Gasteiger partial charge is 0.0624 e. The van der Waals surface area contributed by atoms with Crippen LogP contribution in [0.25, 0.3) is 0 Å². The van der Waals surface area contributed by atoms with Gasteiger partial charge >= 0.3 is 0 Å². The Kier molecular flexibility index (Phi) is 3.34. The SMILES string of the molecule is COC[C@@H]1C[C@@H](C)CC1OC. The lowest BCUT2D eigenvalue weighted by Crippen LogP contribution is -2.20. The van der Waals surface area contributed by atoms with E-state index in [1.54, 1.807) is 14.2 Å². The highest BCUT2D eigenvalue weighted by Crippen LogP contribution is 2.32. The Morgan fingerprint density at radius 2 is 2.00 bits per heavy atom. The maximum atomic E-state index is 5.37. The lowest BCUT2D eigenvalue weighted by atomic mass is 10.1. The quantitative estimate of drug-likeness (QED) is 0.622. The highest BCUT2D eigenvalue weighted by atomic mass is 16.5. The van der Waals surface area contributed by atoms with Gasteiger partial charge in [0.2, 0.25) is 0 Å². The summed E-state index contributed by atoms with van der Waals surface area (Å²) in [6, 6.07) is 0. The summed E-state index contributed by atoms with van der Waals surface area (Å²) >= 11 is 0. The van der Waals surface area contributed by atoms with Crippen LogP contribution in [-0.4, -0.2) is 26.9 Å². The van der Waals surface area contributed by atoms with Crippen molar-refractivity contribution < 1.29 is 9.47 Å². The minimum absolute atomic E-state index is 0.435. The number of ether oxygens (including phenoxy) is 2. The van der Waals surface area contributed by atoms with Gasteiger partial charge in [-0.1, -0.05) is 6.92 Å². The van der Waals surface area contributed by atoms with Crippen molar-refractivity contribution in [3.63, 3.8) is 0 Å². The fourth-order valence-electron chi connectivity index (χ4n) is 2.03. The van der Waals surface area contributed by atoms with Crippen molar-refractivity contribution in [2.24, 2.45) is 11.8 Å². The van der Waals surface area contributed by atoms with Crippen molar-refractivity contribution in [1.29, 1.82) is 0 Å². The maximum absolute atomic E-state index is 5.37. The molecular weight excluding hydrogens is 140 g/mol. The van der Waals surface area contributed by atoms with E-state index in [-0.39, 0.29) is 0 Å². The molecule has 1 aliphatic carbocycles. The van der Waals surface area contributed by atoms with Gasteiger partial charge in [0.1, 0.15) is 0 Å². The molecule has 0 amide bonds. The maximum Gasteiger partial charge on any atom is 0.0624 e. The molecular formula is C9H18O2. The molecule has 0 radical (unpaired) electrons. The molecule has 1 unspecified atom stereocenters. The topological polar surface area (TPSA) is 18.5 Å². The van der Waals surface area contributed by atoms with E-state index in [9.17, 15) is 0 Å². The Balaban J connectivity index is 2.37. The summed E-state index contributed by atoms with van der Waals surface area (Å²) in [5.74, 6) is 1.43. The van der Waals surface area contributed by atoms with Crippen LogP contribution in [0, 0.1) is 11.8 Å². The van der Waals surface area contributed by atoms with Crippen LogP contribution >= 0.6 is 0 Å². The highest BCUT2D eigenvalue weighted by molar-refractivity contribution is 4.81. The van der Waals surface area contributed by atoms with Crippen LogP contribution in [0.15, 0.2) is 0 Å². The van der Waals surface area contributed by atoms with Gasteiger partial charge in [0.05, 0.1) is 12.7 Å². The summed E-state index contributed by atoms with van der Waals surface area (Å²) in [4.78, 5) is 0. The molecule has 1 aliphatic rings. The van der Waals surface area contributed by atoms with Crippen molar-refractivity contribution in [2.45, 2.75) is 25.9 Å². The van der Waals surface area contributed by atoms with E-state index < -0.39 is 0 Å². The molecule has 0 bridgehead atoms. The van der Waals surface area contributed by atoms with Gasteiger partial charge in [-0.25, -0.2) is 0 Å². The Morgan fingerprint density at radius 1 is 1.27 bits per heavy atom. The molecule has 0 saturated heterocycles. The fourth-order valence-corrected chi connectivity index (χ4v) is 2.03. The van der Waals surface area contributed by atoms with Crippen LogP contribution in [0.2, 0.25) is 0 Å². The highest BCUT2D eigenvalue weighted by Gasteiger charge is 2.31. The average Bonchev–Trinajstić information content (AvgIpc) is 2.32. The molecule has 11 heavy (non-hydrogen) atoms. The second kappa shape index (κ2) is 4.07. The normalized spacial score (nSPS) is 37.9. The standard InChI is InChI=1S/C9H18O2/c1-7-4-8(6-10-2)9(5-7)11-3/h7-9H,4-6H2,1-3H3/t7-,8+,9?/m1/s1. The van der Waals surface area contributed by atoms with Crippen LogP contribution in [0.3, 0.4) is 0 Å². The van der Waals surface area contributed by atoms with Gasteiger partial charge in [0, 0.05) is 20.1 Å². The predicted molar refractivity (Wildman–Crippen MR) is 44.6 cm³/mol. The van der Waals surface area contributed by atoms with Crippen molar-refractivity contribution >= 4 is 0 Å². The average molecular weight is 158 g/mol. The van der Waals surface area contributed by atoms with E-state index in [2.05, 4.69) is 6.92 Å². The number of rotatable bonds is 3. The second-order valence-corrected chi connectivity index (χ2v) is 3.57. The van der Waals surface area contributed by atoms with E-state index in [1.165, 1.54) is 12.8 Å². The van der Waals surface area contributed by atoms with E-state index in [0.717, 1.165) is 12.5 Å². The Labute approximate surface area is 68.9 Å². The van der Waals surface area contributed by atoms with Gasteiger partial charge in [-0.15, -0.1) is 0 Å². The third kappa shape index (κ3) is 2.17. The summed E-state index contributed by atoms with van der Waals surface area (Å²) in [6.45, 7) is 3.13. The Hall–Kier alpha value is -0.0800. The monoisotopic (exact) mass is 158 g/mol. The van der Waals surface area contributed by atoms with E-state index in [0.29, 0.717) is 12.0 Å². The zero-order chi connectivity index (χ0) is 8.27. The lowest BCUT2D eigenvalue weighted by Gasteiger charge is -2.16. The molecule has 0 aromatic carbocycles. The van der Waals surface area contributed by atoms with Crippen molar-refractivity contribution in [3.8, 4) is 0 Å². The zero-order valence-corrected chi connectivity index (χ0v) is 7.67. The van der Waals surface area contributed by atoms with E-state index in [4.69, 9.17) is 9.47 Å². The van der Waals surface area contributed by atoms with Gasteiger partial charge in [-0.2, -0.15) is 0 Å². The van der Waals surface area contributed by atoms with Crippen LogP contribution in [0.4, 0.5) is 0 Å². The van der Waals surface area contributed by atoms with E-state index >= 15 is 0 Å². The fraction of sp³-hybridized carbons (Fsp3) is 1.00. The summed E-state index contributed by atoms with van der Waals surface area (Å²) < 4.78 is 10.5. The Morgan fingerprint density at radius 3 is 2.55 bits per heavy atom. The minimum Gasteiger partial charge on any atom is -0.384 e. The largest absolute Gasteiger partial charge is 0.384 e. The Bertz CT molecular complexity index is 114. The van der Waals surface area contributed by atoms with E-state index in [1.807, 2.05) is 0 Å². The molecule has 0 aromatic rings. The first-order valence-electron chi connectivity index (χ1n) is 4.29. The zero-order valence-electron chi connectivity index (χ0n) is 7.67. The molecule has 0 aliphatic heterocycles. The van der Waals surface area contributed by atoms with Gasteiger partial charge in [0.25, 0.3) is 0 Å². The molecule has 66 valence electrons. The van der Waals surface area contributed by atoms with Crippen LogP contribution < -0.4 is 0 Å². The van der Waals surface area contributed by atoms with Gasteiger partial charge < -0.3 is 9.47 Å². The van der Waals surface area contributed by atoms with Gasteiger partial charge in [-0.05, 0) is 18.8 Å². The molecule has 0 N–H and O–H groups in total. The molecule has 2 heteroatoms. The number of methoxy groups -OCH3 is 2. The van der Waals surface area contributed by atoms with Gasteiger partial charge in [-0.3, -0.25) is 0 Å². The lowest BCUT2D eigenvalue weighted by molar-refractivity contribution is 0.0330. The first kappa shape index (κ1) is 9.01. The van der Waals surface area contributed by atoms with Crippen LogP contribution in [-0.2, 0) is 9.47 Å². The van der Waals surface area contributed by atoms with Crippen molar-refractivity contribution in [1.82, 2.24) is 0 Å². The first-order chi connectivity index (χ1) is 5.27. The minimum atomic E-state index is 0.435. The summed E-state index contributed by atoms with van der Waals surface area (Å²) in [7, 11) is 3.56.